The summed E-state index contributed by atoms with van der Waals surface area (Å²) in [5.74, 6) is 0.397. The minimum atomic E-state index is -1.24. The van der Waals surface area contributed by atoms with E-state index in [4.69, 9.17) is 15.5 Å². The molecule has 1 saturated heterocycles. The van der Waals surface area contributed by atoms with Gasteiger partial charge in [0, 0.05) is 34.8 Å². The summed E-state index contributed by atoms with van der Waals surface area (Å²) in [6.07, 6.45) is 1.43. The van der Waals surface area contributed by atoms with E-state index in [0.29, 0.717) is 33.3 Å². The molecular formula is C30H28FN7O3S. The lowest BCUT2D eigenvalue weighted by atomic mass is 10.1. The number of hydrogen-bond acceptors (Lipinski definition) is 8. The third-order valence-corrected chi connectivity index (χ3v) is 8.26. The molecule has 2 aromatic carbocycles. The first-order chi connectivity index (χ1) is 20.3. The molecule has 0 saturated carbocycles. The number of likely N-dealkylation sites (tertiary alicyclic amines) is 1. The molecule has 0 bridgehead atoms. The van der Waals surface area contributed by atoms with Crippen molar-refractivity contribution in [2.75, 3.05) is 17.6 Å². The number of nitrogens with two attached hydrogens (primary N) is 1. The zero-order valence-corrected chi connectivity index (χ0v) is 23.8. The number of hydrogen-bond donors (Lipinski definition) is 2. The zero-order valence-electron chi connectivity index (χ0n) is 23.0. The van der Waals surface area contributed by atoms with Crippen LogP contribution in [-0.4, -0.2) is 49.0 Å². The highest BCUT2D eigenvalue weighted by atomic mass is 32.1. The molecule has 12 heteroatoms. The van der Waals surface area contributed by atoms with Gasteiger partial charge in [0.1, 0.15) is 35.6 Å². The lowest BCUT2D eigenvalue weighted by molar-refractivity contribution is 0.0893. The maximum Gasteiger partial charge on any atom is 0.410 e. The molecule has 0 spiro atoms. The zero-order chi connectivity index (χ0) is 29.4. The molecule has 3 aromatic heterocycles. The van der Waals surface area contributed by atoms with E-state index in [9.17, 15) is 14.0 Å². The van der Waals surface area contributed by atoms with E-state index >= 15 is 0 Å². The molecule has 1 aliphatic heterocycles. The summed E-state index contributed by atoms with van der Waals surface area (Å²) in [6, 6.07) is 15.5. The van der Waals surface area contributed by atoms with Crippen LogP contribution in [0.15, 0.2) is 67.0 Å². The Balaban J connectivity index is 1.29. The van der Waals surface area contributed by atoms with Crippen molar-refractivity contribution in [3.8, 4) is 11.3 Å². The average Bonchev–Trinajstić information content (AvgIpc) is 3.67. The number of nitrogens with one attached hydrogen (secondary N) is 1. The van der Waals surface area contributed by atoms with Gasteiger partial charge in [-0.1, -0.05) is 42.5 Å². The molecule has 3 N–H and O–H groups in total. The number of aromatic nitrogens is 4. The van der Waals surface area contributed by atoms with Crippen molar-refractivity contribution in [2.24, 2.45) is 0 Å². The van der Waals surface area contributed by atoms with E-state index < -0.39 is 18.3 Å². The molecule has 10 nitrogen and oxygen atoms in total. The Morgan fingerprint density at radius 2 is 1.88 bits per heavy atom. The number of carbonyl (C=O) groups excluding carboxylic acids is 2. The standard InChI is InChI=1S/C30H28FN7O3S/c1-17-18(2)42-29(34-17)36-28(39)21-10-8-20(9-11-21)24-25-26(32)33-12-13-37(25)27(35-24)23-14-22(31)15-38(23)30(40)41-16-19-6-4-3-5-7-19/h3-13,22-23H,14-16H2,1-2H3,(H2,32,33)(H,34,36,39)/t22-,23+/m1/s1. The van der Waals surface area contributed by atoms with E-state index in [0.717, 1.165) is 16.1 Å². The SMILES string of the molecule is Cc1nc(NC(=O)c2ccc(-c3nc([C@@H]4C[C@@H](F)CN4C(=O)OCc4ccccc4)n4ccnc(N)c34)cc2)sc1C. The van der Waals surface area contributed by atoms with Crippen LogP contribution in [0.1, 0.15) is 44.8 Å². The van der Waals surface area contributed by atoms with Gasteiger partial charge in [-0.25, -0.2) is 24.1 Å². The second-order valence-corrected chi connectivity index (χ2v) is 11.3. The second kappa shape index (κ2) is 11.2. The van der Waals surface area contributed by atoms with Crippen LogP contribution in [0.2, 0.25) is 0 Å². The first-order valence-corrected chi connectivity index (χ1v) is 14.2. The minimum absolute atomic E-state index is 0.0655. The summed E-state index contributed by atoms with van der Waals surface area (Å²) in [6.45, 7) is 3.82. The highest BCUT2D eigenvalue weighted by Gasteiger charge is 2.40. The van der Waals surface area contributed by atoms with Crippen LogP contribution < -0.4 is 11.1 Å². The first kappa shape index (κ1) is 27.3. The monoisotopic (exact) mass is 585 g/mol. The quantitative estimate of drug-likeness (QED) is 0.261. The lowest BCUT2D eigenvalue weighted by Gasteiger charge is -2.23. The van der Waals surface area contributed by atoms with Crippen LogP contribution in [0.25, 0.3) is 16.8 Å². The maximum absolute atomic E-state index is 14.8. The number of aryl methyl sites for hydroxylation is 2. The number of benzene rings is 2. The normalized spacial score (nSPS) is 16.6. The van der Waals surface area contributed by atoms with E-state index in [1.807, 2.05) is 44.2 Å². The van der Waals surface area contributed by atoms with E-state index in [1.54, 1.807) is 34.9 Å². The van der Waals surface area contributed by atoms with Crippen molar-refractivity contribution < 1.29 is 18.7 Å². The highest BCUT2D eigenvalue weighted by molar-refractivity contribution is 7.15. The molecular weight excluding hydrogens is 557 g/mol. The van der Waals surface area contributed by atoms with Crippen molar-refractivity contribution in [3.63, 3.8) is 0 Å². The van der Waals surface area contributed by atoms with Gasteiger partial charge in [0.2, 0.25) is 0 Å². The smallest absolute Gasteiger partial charge is 0.410 e. The largest absolute Gasteiger partial charge is 0.445 e. The van der Waals surface area contributed by atoms with E-state index in [1.165, 1.54) is 22.4 Å². The molecule has 4 heterocycles. The predicted octanol–water partition coefficient (Wildman–Crippen LogP) is 5.73. The summed E-state index contributed by atoms with van der Waals surface area (Å²) in [4.78, 5) is 41.8. The predicted molar refractivity (Wildman–Crippen MR) is 158 cm³/mol. The fourth-order valence-corrected chi connectivity index (χ4v) is 5.84. The van der Waals surface area contributed by atoms with Crippen LogP contribution in [-0.2, 0) is 11.3 Å². The molecule has 2 atom stereocenters. The molecule has 0 unspecified atom stereocenters. The Kier molecular flexibility index (Phi) is 7.29. The Hall–Kier alpha value is -4.84. The molecule has 42 heavy (non-hydrogen) atoms. The van der Waals surface area contributed by atoms with Gasteiger partial charge >= 0.3 is 6.09 Å². The van der Waals surface area contributed by atoms with Crippen molar-refractivity contribution >= 4 is 39.8 Å². The van der Waals surface area contributed by atoms with Gasteiger partial charge in [0.15, 0.2) is 5.13 Å². The summed E-state index contributed by atoms with van der Waals surface area (Å²) >= 11 is 1.42. The number of nitrogens with zero attached hydrogens (tertiary/aromatic N) is 5. The fourth-order valence-electron chi connectivity index (χ4n) is 5.03. The highest BCUT2D eigenvalue weighted by Crippen LogP contribution is 2.38. The maximum atomic E-state index is 14.8. The first-order valence-electron chi connectivity index (χ1n) is 13.4. The minimum Gasteiger partial charge on any atom is -0.445 e. The number of imidazole rings is 1. The van der Waals surface area contributed by atoms with Crippen molar-refractivity contribution in [1.29, 1.82) is 0 Å². The second-order valence-electron chi connectivity index (χ2n) is 10.1. The number of amides is 2. The van der Waals surface area contributed by atoms with Crippen molar-refractivity contribution in [2.45, 2.75) is 39.1 Å². The molecule has 1 aliphatic rings. The van der Waals surface area contributed by atoms with Crippen LogP contribution >= 0.6 is 11.3 Å². The average molecular weight is 586 g/mol. The third kappa shape index (κ3) is 5.28. The summed E-state index contributed by atoms with van der Waals surface area (Å²) < 4.78 is 22.0. The topological polar surface area (TPSA) is 128 Å². The van der Waals surface area contributed by atoms with Crippen LogP contribution in [0.5, 0.6) is 0 Å². The van der Waals surface area contributed by atoms with Gasteiger partial charge in [-0.2, -0.15) is 0 Å². The Morgan fingerprint density at radius 3 is 2.60 bits per heavy atom. The van der Waals surface area contributed by atoms with Gasteiger partial charge in [0.05, 0.1) is 18.3 Å². The molecule has 0 radical (unpaired) electrons. The van der Waals surface area contributed by atoms with Gasteiger partial charge < -0.3 is 10.5 Å². The summed E-state index contributed by atoms with van der Waals surface area (Å²) in [5, 5.41) is 3.37. The number of halogens is 1. The molecule has 2 amide bonds. The van der Waals surface area contributed by atoms with Crippen LogP contribution in [0.4, 0.5) is 20.1 Å². The Labute approximate surface area is 245 Å². The number of ether oxygens (including phenoxy) is 1. The van der Waals surface area contributed by atoms with Gasteiger partial charge in [-0.15, -0.1) is 11.3 Å². The van der Waals surface area contributed by atoms with Gasteiger partial charge in [-0.05, 0) is 31.5 Å². The van der Waals surface area contributed by atoms with Gasteiger partial charge in [-0.3, -0.25) is 19.4 Å². The number of alkyl halides is 1. The molecule has 6 rings (SSSR count). The third-order valence-electron chi connectivity index (χ3n) is 7.27. The van der Waals surface area contributed by atoms with Crippen LogP contribution in [0, 0.1) is 13.8 Å². The van der Waals surface area contributed by atoms with E-state index in [-0.39, 0.29) is 31.3 Å². The fraction of sp³-hybridized carbons (Fsp3) is 0.233. The Bertz CT molecular complexity index is 1750. The summed E-state index contributed by atoms with van der Waals surface area (Å²) in [7, 11) is 0. The Morgan fingerprint density at radius 1 is 1.12 bits per heavy atom. The molecule has 5 aromatic rings. The number of rotatable bonds is 6. The lowest BCUT2D eigenvalue weighted by Crippen LogP contribution is -2.32. The van der Waals surface area contributed by atoms with Gasteiger partial charge in [0.25, 0.3) is 5.91 Å². The van der Waals surface area contributed by atoms with Crippen molar-refractivity contribution in [3.05, 3.63) is 94.5 Å². The van der Waals surface area contributed by atoms with Crippen LogP contribution in [0.3, 0.4) is 0 Å². The van der Waals surface area contributed by atoms with Crippen molar-refractivity contribution in [1.82, 2.24) is 24.3 Å². The number of thiazole rings is 1. The number of fused-ring (bicyclic) bond motifs is 1. The number of carbonyl (C=O) groups is 2. The molecule has 214 valence electrons. The number of nitrogen functional groups attached to an aromatic ring is 1. The molecule has 1 fully saturated rings. The van der Waals surface area contributed by atoms with E-state index in [2.05, 4.69) is 15.3 Å². The molecule has 0 aliphatic carbocycles. The summed E-state index contributed by atoms with van der Waals surface area (Å²) in [5.41, 5.74) is 10.2. The number of anilines is 2.